The van der Waals surface area contributed by atoms with Crippen molar-refractivity contribution in [2.45, 2.75) is 19.8 Å². The fourth-order valence-corrected chi connectivity index (χ4v) is 2.36. The minimum absolute atomic E-state index is 0.316. The van der Waals surface area contributed by atoms with E-state index in [2.05, 4.69) is 5.32 Å². The maximum absolute atomic E-state index is 11.7. The van der Waals surface area contributed by atoms with Gasteiger partial charge in [-0.25, -0.2) is 9.52 Å². The molecule has 1 aliphatic rings. The molecule has 7 heteroatoms. The van der Waals surface area contributed by atoms with Gasteiger partial charge in [0.2, 0.25) is 0 Å². The molecule has 0 aromatic rings. The van der Waals surface area contributed by atoms with Crippen molar-refractivity contribution in [3.63, 3.8) is 0 Å². The molecule has 1 aliphatic heterocycles. The molecule has 0 atom stereocenters. The molecular weight excluding hydrogens is 230 g/mol. The quantitative estimate of drug-likeness (QED) is 0.697. The fraction of sp³-hybridized carbons (Fsp3) is 0.667. The molecule has 0 unspecified atom stereocenters. The summed E-state index contributed by atoms with van der Waals surface area (Å²) in [7, 11) is -3.69. The van der Waals surface area contributed by atoms with Gasteiger partial charge in [0.25, 0.3) is 0 Å². The van der Waals surface area contributed by atoms with E-state index in [0.29, 0.717) is 26.1 Å². The van der Waals surface area contributed by atoms with Crippen LogP contribution in [0.15, 0.2) is 12.2 Å². The first kappa shape index (κ1) is 13.0. The summed E-state index contributed by atoms with van der Waals surface area (Å²) < 4.78 is 26.6. The summed E-state index contributed by atoms with van der Waals surface area (Å²) in [5, 5.41) is 2.45. The van der Waals surface area contributed by atoms with Gasteiger partial charge in [0.15, 0.2) is 0 Å². The van der Waals surface area contributed by atoms with Crippen LogP contribution >= 0.6 is 0 Å². The molecule has 0 saturated carbocycles. The Hall–Kier alpha value is -1.08. The highest BCUT2D eigenvalue weighted by Gasteiger charge is 2.23. The van der Waals surface area contributed by atoms with Crippen molar-refractivity contribution in [2.24, 2.45) is 0 Å². The van der Waals surface area contributed by atoms with Gasteiger partial charge >= 0.3 is 16.2 Å². The number of hydrogen-bond donors (Lipinski definition) is 2. The van der Waals surface area contributed by atoms with E-state index in [9.17, 15) is 13.2 Å². The summed E-state index contributed by atoms with van der Waals surface area (Å²) in [5.41, 5.74) is 0. The van der Waals surface area contributed by atoms with Crippen molar-refractivity contribution in [3.8, 4) is 0 Å². The van der Waals surface area contributed by atoms with Crippen molar-refractivity contribution in [3.05, 3.63) is 12.2 Å². The summed E-state index contributed by atoms with van der Waals surface area (Å²) in [6, 6.07) is -0.670. The highest BCUT2D eigenvalue weighted by Crippen LogP contribution is 2.05. The summed E-state index contributed by atoms with van der Waals surface area (Å²) in [5.74, 6) is 0. The maximum Gasteiger partial charge on any atom is 0.329 e. The van der Waals surface area contributed by atoms with E-state index in [1.807, 2.05) is 17.7 Å². The van der Waals surface area contributed by atoms with Crippen molar-refractivity contribution < 1.29 is 13.2 Å². The molecule has 2 N–H and O–H groups in total. The summed E-state index contributed by atoms with van der Waals surface area (Å²) in [4.78, 5) is 11.2. The number of hydrogen-bond acceptors (Lipinski definition) is 3. The lowest BCUT2D eigenvalue weighted by Crippen LogP contribution is -2.48. The molecule has 1 heterocycles. The van der Waals surface area contributed by atoms with Gasteiger partial charge in [-0.05, 0) is 12.8 Å². The zero-order chi connectivity index (χ0) is 12.0. The third-order valence-electron chi connectivity index (χ3n) is 2.12. The lowest BCUT2D eigenvalue weighted by molar-refractivity contribution is 0.245. The molecular formula is C9H17N3O3S. The van der Waals surface area contributed by atoms with Gasteiger partial charge in [-0.2, -0.15) is 12.7 Å². The smallest absolute Gasteiger partial charge is 0.329 e. The van der Waals surface area contributed by atoms with Crippen LogP contribution in [0.1, 0.15) is 19.8 Å². The summed E-state index contributed by atoms with van der Waals surface area (Å²) >= 11 is 0. The summed E-state index contributed by atoms with van der Waals surface area (Å²) in [6.07, 6.45) is 5.13. The van der Waals surface area contributed by atoms with E-state index in [0.717, 1.165) is 6.42 Å². The molecule has 2 amide bonds. The highest BCUT2D eigenvalue weighted by molar-refractivity contribution is 7.87. The molecule has 0 aromatic carbocycles. The topological polar surface area (TPSA) is 78.5 Å². The van der Waals surface area contributed by atoms with Gasteiger partial charge in [-0.1, -0.05) is 19.1 Å². The predicted octanol–water partition coefficient (Wildman–Crippen LogP) is 0.202. The molecule has 0 saturated heterocycles. The van der Waals surface area contributed by atoms with Gasteiger partial charge in [0.1, 0.15) is 0 Å². The van der Waals surface area contributed by atoms with Crippen LogP contribution in [0.2, 0.25) is 0 Å². The van der Waals surface area contributed by atoms with E-state index >= 15 is 0 Å². The zero-order valence-electron chi connectivity index (χ0n) is 9.27. The van der Waals surface area contributed by atoms with Crippen molar-refractivity contribution in [1.82, 2.24) is 14.3 Å². The summed E-state index contributed by atoms with van der Waals surface area (Å²) in [6.45, 7) is 3.08. The number of carbonyl (C=O) groups excluding carboxylic acids is 1. The molecule has 0 bridgehead atoms. The van der Waals surface area contributed by atoms with Gasteiger partial charge in [-0.3, -0.25) is 0 Å². The van der Waals surface area contributed by atoms with Crippen LogP contribution in [-0.2, 0) is 10.2 Å². The molecule has 16 heavy (non-hydrogen) atoms. The normalized spacial score (nSPS) is 17.1. The van der Waals surface area contributed by atoms with E-state index < -0.39 is 16.2 Å². The SMILES string of the molecule is CCCNC(=O)NS(=O)(=O)N1CC=CCC1. The Labute approximate surface area is 95.9 Å². The minimum atomic E-state index is -3.69. The van der Waals surface area contributed by atoms with Crippen LogP contribution in [0.25, 0.3) is 0 Å². The van der Waals surface area contributed by atoms with Gasteiger partial charge in [-0.15, -0.1) is 0 Å². The second-order valence-electron chi connectivity index (χ2n) is 3.48. The first-order valence-corrected chi connectivity index (χ1v) is 6.71. The van der Waals surface area contributed by atoms with Crippen LogP contribution in [0.5, 0.6) is 0 Å². The fourth-order valence-electron chi connectivity index (χ4n) is 1.29. The van der Waals surface area contributed by atoms with Crippen LogP contribution in [0.4, 0.5) is 4.79 Å². The lowest BCUT2D eigenvalue weighted by Gasteiger charge is -2.22. The molecule has 92 valence electrons. The highest BCUT2D eigenvalue weighted by atomic mass is 32.2. The Morgan fingerprint density at radius 2 is 2.19 bits per heavy atom. The molecule has 1 rings (SSSR count). The van der Waals surface area contributed by atoms with Crippen LogP contribution in [0.3, 0.4) is 0 Å². The first-order chi connectivity index (χ1) is 7.56. The second kappa shape index (κ2) is 5.86. The van der Waals surface area contributed by atoms with Crippen molar-refractivity contribution >= 4 is 16.2 Å². The lowest BCUT2D eigenvalue weighted by atomic mass is 10.3. The minimum Gasteiger partial charge on any atom is -0.337 e. The second-order valence-corrected chi connectivity index (χ2v) is 5.15. The number of carbonyl (C=O) groups is 1. The largest absolute Gasteiger partial charge is 0.337 e. The number of amides is 2. The monoisotopic (exact) mass is 247 g/mol. The Bertz CT molecular complexity index is 364. The first-order valence-electron chi connectivity index (χ1n) is 5.27. The van der Waals surface area contributed by atoms with Crippen molar-refractivity contribution in [1.29, 1.82) is 0 Å². The van der Waals surface area contributed by atoms with E-state index in [1.165, 1.54) is 4.31 Å². The Morgan fingerprint density at radius 1 is 1.44 bits per heavy atom. The van der Waals surface area contributed by atoms with Crippen molar-refractivity contribution in [2.75, 3.05) is 19.6 Å². The Kier molecular flexibility index (Phi) is 4.75. The molecule has 0 aromatic heterocycles. The molecule has 0 aliphatic carbocycles. The number of urea groups is 1. The predicted molar refractivity (Wildman–Crippen MR) is 61.1 cm³/mol. The third kappa shape index (κ3) is 3.82. The Morgan fingerprint density at radius 3 is 2.75 bits per heavy atom. The number of nitrogens with zero attached hydrogens (tertiary/aromatic N) is 1. The van der Waals surface area contributed by atoms with E-state index in [-0.39, 0.29) is 0 Å². The number of nitrogens with one attached hydrogen (secondary N) is 2. The van der Waals surface area contributed by atoms with Crippen LogP contribution < -0.4 is 10.0 Å². The molecule has 0 spiro atoms. The maximum atomic E-state index is 11.7. The molecule has 6 nitrogen and oxygen atoms in total. The van der Waals surface area contributed by atoms with Gasteiger partial charge < -0.3 is 5.32 Å². The molecule has 0 fully saturated rings. The Balaban J connectivity index is 2.50. The average Bonchev–Trinajstić information content (AvgIpc) is 2.27. The van der Waals surface area contributed by atoms with Gasteiger partial charge in [0, 0.05) is 19.6 Å². The zero-order valence-corrected chi connectivity index (χ0v) is 10.1. The van der Waals surface area contributed by atoms with E-state index in [1.54, 1.807) is 6.08 Å². The standard InChI is InChI=1S/C9H17N3O3S/c1-2-6-10-9(13)11-16(14,15)12-7-4-3-5-8-12/h3-4H,2,5-8H2,1H3,(H2,10,11,13). The van der Waals surface area contributed by atoms with E-state index in [4.69, 9.17) is 0 Å². The average molecular weight is 247 g/mol. The number of rotatable bonds is 4. The van der Waals surface area contributed by atoms with Gasteiger partial charge in [0.05, 0.1) is 0 Å². The van der Waals surface area contributed by atoms with Crippen LogP contribution in [0, 0.1) is 0 Å². The molecule has 0 radical (unpaired) electrons. The van der Waals surface area contributed by atoms with Crippen LogP contribution in [-0.4, -0.2) is 38.4 Å². The third-order valence-corrected chi connectivity index (χ3v) is 3.57.